The van der Waals surface area contributed by atoms with Crippen LogP contribution in [-0.4, -0.2) is 17.8 Å². The van der Waals surface area contributed by atoms with Gasteiger partial charge in [0, 0.05) is 5.92 Å². The van der Waals surface area contributed by atoms with Crippen LogP contribution in [0.2, 0.25) is 0 Å². The Morgan fingerprint density at radius 2 is 2.14 bits per heavy atom. The molecule has 0 amide bonds. The van der Waals surface area contributed by atoms with E-state index in [9.17, 15) is 5.11 Å². The smallest absolute Gasteiger partial charge is 0.0792 e. The van der Waals surface area contributed by atoms with Gasteiger partial charge >= 0.3 is 0 Å². The van der Waals surface area contributed by atoms with Gasteiger partial charge in [-0.05, 0) is 43.7 Å². The molecule has 0 saturated carbocycles. The van der Waals surface area contributed by atoms with E-state index in [4.69, 9.17) is 5.73 Å². The van der Waals surface area contributed by atoms with Crippen molar-refractivity contribution in [3.63, 3.8) is 0 Å². The quantitative estimate of drug-likeness (QED) is 0.678. The van der Waals surface area contributed by atoms with E-state index in [0.29, 0.717) is 12.5 Å². The van der Waals surface area contributed by atoms with E-state index in [1.807, 2.05) is 0 Å². The predicted molar refractivity (Wildman–Crippen MR) is 59.9 cm³/mol. The van der Waals surface area contributed by atoms with E-state index in [1.165, 1.54) is 18.4 Å². The van der Waals surface area contributed by atoms with Crippen molar-refractivity contribution in [2.24, 2.45) is 17.6 Å². The molecule has 0 aromatic carbocycles. The lowest BCUT2D eigenvalue weighted by molar-refractivity contribution is 0.112. The van der Waals surface area contributed by atoms with Crippen LogP contribution < -0.4 is 5.73 Å². The summed E-state index contributed by atoms with van der Waals surface area (Å²) in [6, 6.07) is 0. The molecule has 0 spiro atoms. The Balaban J connectivity index is 2.61. The Morgan fingerprint density at radius 3 is 2.57 bits per heavy atom. The molecular formula is C12H23NO. The zero-order valence-corrected chi connectivity index (χ0v) is 9.37. The Morgan fingerprint density at radius 1 is 1.43 bits per heavy atom. The third-order valence-corrected chi connectivity index (χ3v) is 3.24. The molecule has 0 aromatic rings. The van der Waals surface area contributed by atoms with Crippen LogP contribution >= 0.6 is 0 Å². The lowest BCUT2D eigenvalue weighted by Crippen LogP contribution is -2.33. The molecule has 1 rings (SSSR count). The summed E-state index contributed by atoms with van der Waals surface area (Å²) in [5.74, 6) is 0.678. The largest absolute Gasteiger partial charge is 0.388 e. The molecule has 2 heteroatoms. The van der Waals surface area contributed by atoms with Crippen molar-refractivity contribution in [2.75, 3.05) is 6.54 Å². The highest BCUT2D eigenvalue weighted by Crippen LogP contribution is 2.27. The van der Waals surface area contributed by atoms with E-state index in [0.717, 1.165) is 12.8 Å². The fraction of sp³-hybridized carbons (Fsp3) is 0.833. The summed E-state index contributed by atoms with van der Waals surface area (Å²) in [7, 11) is 0. The van der Waals surface area contributed by atoms with Gasteiger partial charge in [-0.2, -0.15) is 0 Å². The number of aliphatic hydroxyl groups excluding tert-OH is 1. The van der Waals surface area contributed by atoms with Gasteiger partial charge < -0.3 is 10.8 Å². The number of nitrogens with two attached hydrogens (primary N) is 1. The Hall–Kier alpha value is -0.340. The van der Waals surface area contributed by atoms with Gasteiger partial charge in [-0.1, -0.05) is 19.9 Å². The first-order chi connectivity index (χ1) is 6.66. The van der Waals surface area contributed by atoms with Crippen LogP contribution in [0.25, 0.3) is 0 Å². The number of aliphatic hydroxyl groups is 1. The molecule has 1 aliphatic rings. The maximum absolute atomic E-state index is 10.2. The highest BCUT2D eigenvalue weighted by atomic mass is 16.3. The standard InChI is InChI=1S/C12H23NO/c1-9(2)11(8-13)12(14)10-6-4-3-5-7-10/h6,9,11-12,14H,3-5,7-8,13H2,1-2H3. The van der Waals surface area contributed by atoms with Crippen LogP contribution in [-0.2, 0) is 0 Å². The molecule has 0 aliphatic heterocycles. The van der Waals surface area contributed by atoms with Gasteiger partial charge in [0.25, 0.3) is 0 Å². The average molecular weight is 197 g/mol. The molecule has 0 bridgehead atoms. The van der Waals surface area contributed by atoms with Gasteiger partial charge in [-0.15, -0.1) is 0 Å². The molecule has 14 heavy (non-hydrogen) atoms. The fourth-order valence-corrected chi connectivity index (χ4v) is 2.17. The first-order valence-corrected chi connectivity index (χ1v) is 5.74. The van der Waals surface area contributed by atoms with Crippen molar-refractivity contribution in [3.8, 4) is 0 Å². The third kappa shape index (κ3) is 2.82. The van der Waals surface area contributed by atoms with E-state index >= 15 is 0 Å². The van der Waals surface area contributed by atoms with Crippen LogP contribution in [0, 0.1) is 11.8 Å². The van der Waals surface area contributed by atoms with Crippen LogP contribution in [0.1, 0.15) is 39.5 Å². The van der Waals surface area contributed by atoms with Gasteiger partial charge in [0.05, 0.1) is 6.10 Å². The first kappa shape index (κ1) is 11.7. The molecule has 0 aromatic heterocycles. The summed E-state index contributed by atoms with van der Waals surface area (Å²) < 4.78 is 0. The summed E-state index contributed by atoms with van der Waals surface area (Å²) in [6.45, 7) is 4.84. The minimum atomic E-state index is -0.305. The Bertz CT molecular complexity index is 198. The molecule has 82 valence electrons. The van der Waals surface area contributed by atoms with Gasteiger partial charge in [-0.25, -0.2) is 0 Å². The SMILES string of the molecule is CC(C)C(CN)C(O)C1=CCCCC1. The minimum Gasteiger partial charge on any atom is -0.388 e. The van der Waals surface area contributed by atoms with Gasteiger partial charge in [0.1, 0.15) is 0 Å². The number of rotatable bonds is 4. The van der Waals surface area contributed by atoms with Gasteiger partial charge in [0.2, 0.25) is 0 Å². The summed E-state index contributed by atoms with van der Waals surface area (Å²) in [4.78, 5) is 0. The highest BCUT2D eigenvalue weighted by Gasteiger charge is 2.24. The second kappa shape index (κ2) is 5.52. The number of hydrogen-bond acceptors (Lipinski definition) is 2. The molecule has 3 N–H and O–H groups in total. The number of hydrogen-bond donors (Lipinski definition) is 2. The van der Waals surface area contributed by atoms with Crippen LogP contribution in [0.5, 0.6) is 0 Å². The van der Waals surface area contributed by atoms with E-state index in [2.05, 4.69) is 19.9 Å². The van der Waals surface area contributed by atoms with Crippen LogP contribution in [0.3, 0.4) is 0 Å². The van der Waals surface area contributed by atoms with Crippen LogP contribution in [0.15, 0.2) is 11.6 Å². The van der Waals surface area contributed by atoms with E-state index in [1.54, 1.807) is 0 Å². The highest BCUT2D eigenvalue weighted by molar-refractivity contribution is 5.12. The second-order valence-corrected chi connectivity index (χ2v) is 4.61. The predicted octanol–water partition coefficient (Wildman–Crippen LogP) is 2.08. The van der Waals surface area contributed by atoms with Crippen molar-refractivity contribution in [1.29, 1.82) is 0 Å². The summed E-state index contributed by atoms with van der Waals surface area (Å²) in [6.07, 6.45) is 6.58. The van der Waals surface area contributed by atoms with Crippen molar-refractivity contribution in [2.45, 2.75) is 45.6 Å². The maximum Gasteiger partial charge on any atom is 0.0792 e. The molecule has 1 aliphatic carbocycles. The molecule has 0 heterocycles. The molecule has 0 radical (unpaired) electrons. The summed E-state index contributed by atoms with van der Waals surface area (Å²) in [5.41, 5.74) is 6.92. The monoisotopic (exact) mass is 197 g/mol. The zero-order valence-electron chi connectivity index (χ0n) is 9.37. The minimum absolute atomic E-state index is 0.222. The van der Waals surface area contributed by atoms with Gasteiger partial charge in [-0.3, -0.25) is 0 Å². The lowest BCUT2D eigenvalue weighted by Gasteiger charge is -2.28. The van der Waals surface area contributed by atoms with E-state index in [-0.39, 0.29) is 12.0 Å². The third-order valence-electron chi connectivity index (χ3n) is 3.24. The molecule has 0 fully saturated rings. The second-order valence-electron chi connectivity index (χ2n) is 4.61. The topological polar surface area (TPSA) is 46.2 Å². The maximum atomic E-state index is 10.2. The Labute approximate surface area is 87.2 Å². The average Bonchev–Trinajstić information content (AvgIpc) is 2.19. The van der Waals surface area contributed by atoms with Crippen molar-refractivity contribution in [1.82, 2.24) is 0 Å². The first-order valence-electron chi connectivity index (χ1n) is 5.74. The molecule has 0 saturated heterocycles. The molecule has 2 nitrogen and oxygen atoms in total. The summed E-state index contributed by atoms with van der Waals surface area (Å²) >= 11 is 0. The fourth-order valence-electron chi connectivity index (χ4n) is 2.17. The number of allylic oxidation sites excluding steroid dienone is 1. The van der Waals surface area contributed by atoms with Crippen molar-refractivity contribution < 1.29 is 5.11 Å². The van der Waals surface area contributed by atoms with Crippen LogP contribution in [0.4, 0.5) is 0 Å². The van der Waals surface area contributed by atoms with Crippen molar-refractivity contribution >= 4 is 0 Å². The Kier molecular flexibility index (Phi) is 4.63. The molecule has 2 unspecified atom stereocenters. The summed E-state index contributed by atoms with van der Waals surface area (Å²) in [5, 5.41) is 10.2. The molecule has 2 atom stereocenters. The molecular weight excluding hydrogens is 174 g/mol. The van der Waals surface area contributed by atoms with E-state index < -0.39 is 0 Å². The normalized spacial score (nSPS) is 21.9. The van der Waals surface area contributed by atoms with Crippen molar-refractivity contribution in [3.05, 3.63) is 11.6 Å². The lowest BCUT2D eigenvalue weighted by atomic mass is 9.83. The zero-order chi connectivity index (χ0) is 10.6. The van der Waals surface area contributed by atoms with Gasteiger partial charge in [0.15, 0.2) is 0 Å².